The van der Waals surface area contributed by atoms with Crippen LogP contribution < -0.4 is 4.74 Å². The Labute approximate surface area is 194 Å². The van der Waals surface area contributed by atoms with Crippen LogP contribution >= 0.6 is 0 Å². The largest absolute Gasteiger partial charge is 0.487 e. The molecule has 2 aliphatic carbocycles. The lowest BCUT2D eigenvalue weighted by molar-refractivity contribution is -0.141. The number of aryl methyl sites for hydroxylation is 1. The fraction of sp³-hybridized carbons (Fsp3) is 0.654. The zero-order chi connectivity index (χ0) is 23.1. The minimum absolute atomic E-state index is 0.111. The summed E-state index contributed by atoms with van der Waals surface area (Å²) in [6, 6.07) is 6.21. The second kappa shape index (κ2) is 8.96. The van der Waals surface area contributed by atoms with E-state index in [0.717, 1.165) is 38.5 Å². The molecule has 3 fully saturated rings. The average molecular weight is 453 g/mol. The summed E-state index contributed by atoms with van der Waals surface area (Å²) in [7, 11) is 1.81. The number of nitriles is 1. The third-order valence-corrected chi connectivity index (χ3v) is 7.74. The molecule has 6 nitrogen and oxygen atoms in total. The maximum absolute atomic E-state index is 15.4. The lowest BCUT2D eigenvalue weighted by atomic mass is 9.75. The fourth-order valence-electron chi connectivity index (χ4n) is 6.01. The molecule has 0 radical (unpaired) electrons. The Kier molecular flexibility index (Phi) is 6.03. The number of ether oxygens (including phenoxy) is 1. The Hall–Kier alpha value is -2.62. The zero-order valence-electron chi connectivity index (χ0n) is 19.6. The summed E-state index contributed by atoms with van der Waals surface area (Å²) in [4.78, 5) is 15.7. The summed E-state index contributed by atoms with van der Waals surface area (Å²) in [6.07, 6.45) is 9.08. The lowest BCUT2D eigenvalue weighted by Gasteiger charge is -2.48. The Morgan fingerprint density at radius 3 is 2.88 bits per heavy atom. The van der Waals surface area contributed by atoms with Crippen LogP contribution in [0.25, 0.3) is 10.9 Å². The van der Waals surface area contributed by atoms with Crippen molar-refractivity contribution in [2.45, 2.75) is 95.2 Å². The van der Waals surface area contributed by atoms with Crippen LogP contribution in [0.2, 0.25) is 0 Å². The van der Waals surface area contributed by atoms with Crippen LogP contribution in [0.15, 0.2) is 12.1 Å². The third-order valence-electron chi connectivity index (χ3n) is 7.74. The molecule has 4 atom stereocenters. The molecular formula is C26H33FN4O2. The van der Waals surface area contributed by atoms with Gasteiger partial charge in [-0.2, -0.15) is 10.4 Å². The Morgan fingerprint density at radius 1 is 1.30 bits per heavy atom. The fourth-order valence-corrected chi connectivity index (χ4v) is 6.01. The second-order valence-electron chi connectivity index (χ2n) is 10.3. The second-order valence-corrected chi connectivity index (χ2v) is 10.3. The highest BCUT2D eigenvalue weighted by Crippen LogP contribution is 2.41. The van der Waals surface area contributed by atoms with Crippen molar-refractivity contribution in [3.8, 4) is 11.8 Å². The van der Waals surface area contributed by atoms with Gasteiger partial charge in [-0.25, -0.2) is 4.39 Å². The van der Waals surface area contributed by atoms with Crippen molar-refractivity contribution < 1.29 is 13.9 Å². The molecule has 0 N–H and O–H groups in total. The van der Waals surface area contributed by atoms with E-state index in [9.17, 15) is 4.79 Å². The molecule has 1 aromatic heterocycles. The van der Waals surface area contributed by atoms with Crippen molar-refractivity contribution in [3.05, 3.63) is 23.6 Å². The summed E-state index contributed by atoms with van der Waals surface area (Å²) in [5.41, 5.74) is 1.33. The van der Waals surface area contributed by atoms with E-state index in [1.54, 1.807) is 10.7 Å². The van der Waals surface area contributed by atoms with Gasteiger partial charge in [-0.05, 0) is 56.6 Å². The van der Waals surface area contributed by atoms with Gasteiger partial charge in [0.25, 0.3) is 0 Å². The molecule has 4 unspecified atom stereocenters. The number of aromatic nitrogens is 2. The van der Waals surface area contributed by atoms with Gasteiger partial charge in [0, 0.05) is 37.9 Å². The summed E-state index contributed by atoms with van der Waals surface area (Å²) in [5, 5.41) is 14.2. The molecular weight excluding hydrogens is 419 g/mol. The number of carbonyl (C=O) groups is 1. The van der Waals surface area contributed by atoms with E-state index in [-0.39, 0.29) is 41.6 Å². The van der Waals surface area contributed by atoms with Gasteiger partial charge in [0.05, 0.1) is 28.8 Å². The van der Waals surface area contributed by atoms with E-state index in [1.165, 1.54) is 12.8 Å². The third kappa shape index (κ3) is 4.32. The normalized spacial score (nSPS) is 25.6. The first-order chi connectivity index (χ1) is 16.0. The van der Waals surface area contributed by atoms with Crippen LogP contribution in [-0.4, -0.2) is 38.8 Å². The van der Waals surface area contributed by atoms with Crippen molar-refractivity contribution in [1.82, 2.24) is 14.7 Å². The molecule has 7 heteroatoms. The smallest absolute Gasteiger partial charge is 0.223 e. The van der Waals surface area contributed by atoms with Crippen molar-refractivity contribution in [2.75, 3.05) is 0 Å². The maximum Gasteiger partial charge on any atom is 0.223 e. The zero-order valence-corrected chi connectivity index (χ0v) is 19.6. The number of rotatable bonds is 7. The topological polar surface area (TPSA) is 71.2 Å². The highest BCUT2D eigenvalue weighted by molar-refractivity contribution is 5.86. The molecule has 1 saturated heterocycles. The van der Waals surface area contributed by atoms with Crippen molar-refractivity contribution >= 4 is 16.8 Å². The lowest BCUT2D eigenvalue weighted by Crippen LogP contribution is -2.53. The van der Waals surface area contributed by atoms with Gasteiger partial charge in [-0.3, -0.25) is 9.48 Å². The van der Waals surface area contributed by atoms with Gasteiger partial charge in [-0.15, -0.1) is 0 Å². The molecule has 1 aliphatic heterocycles. The quantitative estimate of drug-likeness (QED) is 0.578. The molecule has 33 heavy (non-hydrogen) atoms. The highest BCUT2D eigenvalue weighted by Gasteiger charge is 2.40. The first-order valence-electron chi connectivity index (χ1n) is 12.5. The number of benzene rings is 1. The summed E-state index contributed by atoms with van der Waals surface area (Å²) in [5.74, 6) is 0.471. The van der Waals surface area contributed by atoms with E-state index in [2.05, 4.69) is 16.1 Å². The molecule has 2 bridgehead atoms. The molecule has 1 aromatic carbocycles. The molecule has 2 aromatic rings. The number of nitrogens with zero attached hydrogens (tertiary/aromatic N) is 4. The molecule has 3 aliphatic rings. The summed E-state index contributed by atoms with van der Waals surface area (Å²) in [6.45, 7) is 1.96. The van der Waals surface area contributed by atoms with Crippen LogP contribution in [0.4, 0.5) is 4.39 Å². The molecule has 176 valence electrons. The Morgan fingerprint density at radius 2 is 2.12 bits per heavy atom. The summed E-state index contributed by atoms with van der Waals surface area (Å²) < 4.78 is 22.9. The molecule has 2 heterocycles. The van der Waals surface area contributed by atoms with Crippen molar-refractivity contribution in [3.63, 3.8) is 0 Å². The Bertz CT molecular complexity index is 1090. The summed E-state index contributed by atoms with van der Waals surface area (Å²) >= 11 is 0. The number of hydrogen-bond acceptors (Lipinski definition) is 4. The van der Waals surface area contributed by atoms with Gasteiger partial charge in [0.2, 0.25) is 5.91 Å². The minimum Gasteiger partial charge on any atom is -0.487 e. The first-order valence-corrected chi connectivity index (χ1v) is 12.5. The molecule has 0 spiro atoms. The van der Waals surface area contributed by atoms with Crippen LogP contribution in [0.3, 0.4) is 0 Å². The van der Waals surface area contributed by atoms with Crippen molar-refractivity contribution in [1.29, 1.82) is 5.26 Å². The SMILES string of the molecule is CC(CC(=O)N1C(CCC#N)CC2CCCC1C2)c1nn(C)c2ccc(OC3CC3)c(F)c12. The van der Waals surface area contributed by atoms with Crippen LogP contribution in [0.5, 0.6) is 5.75 Å². The van der Waals surface area contributed by atoms with Gasteiger partial charge in [0.1, 0.15) is 0 Å². The average Bonchev–Trinajstić information content (AvgIpc) is 3.54. The van der Waals surface area contributed by atoms with Crippen LogP contribution in [-0.2, 0) is 11.8 Å². The molecule has 2 saturated carbocycles. The molecule has 1 amide bonds. The minimum atomic E-state index is -0.373. The van der Waals surface area contributed by atoms with E-state index in [1.807, 2.05) is 20.0 Å². The Balaban J connectivity index is 1.39. The standard InChI is InChI=1S/C26H33FN4O2/c1-16(13-23(32)31-18-6-3-5-17(14-18)15-19(31)7-4-12-28)26-24-21(30(2)29-26)10-11-22(25(24)27)33-20-8-9-20/h10-11,16-20H,3-9,13-15H2,1-2H3. The predicted octanol–water partition coefficient (Wildman–Crippen LogP) is 5.21. The maximum atomic E-state index is 15.4. The number of carbonyl (C=O) groups excluding carboxylic acids is 1. The number of halogens is 1. The number of hydrogen-bond donors (Lipinski definition) is 0. The number of amides is 1. The number of piperidine rings is 1. The van der Waals surface area contributed by atoms with E-state index >= 15 is 4.39 Å². The number of likely N-dealkylation sites (tertiary alicyclic amines) is 1. The van der Waals surface area contributed by atoms with E-state index < -0.39 is 0 Å². The predicted molar refractivity (Wildman–Crippen MR) is 123 cm³/mol. The van der Waals surface area contributed by atoms with E-state index in [4.69, 9.17) is 10.00 Å². The van der Waals surface area contributed by atoms with Crippen molar-refractivity contribution in [2.24, 2.45) is 13.0 Å². The number of fused-ring (bicyclic) bond motifs is 3. The van der Waals surface area contributed by atoms with Gasteiger partial charge in [-0.1, -0.05) is 19.8 Å². The van der Waals surface area contributed by atoms with Gasteiger partial charge >= 0.3 is 0 Å². The van der Waals surface area contributed by atoms with Gasteiger partial charge in [0.15, 0.2) is 11.6 Å². The van der Waals surface area contributed by atoms with Crippen LogP contribution in [0.1, 0.15) is 82.7 Å². The highest BCUT2D eigenvalue weighted by atomic mass is 19.1. The molecule has 5 rings (SSSR count). The monoisotopic (exact) mass is 452 g/mol. The first kappa shape index (κ1) is 22.2. The van der Waals surface area contributed by atoms with E-state index in [0.29, 0.717) is 35.4 Å². The van der Waals surface area contributed by atoms with Crippen LogP contribution in [0, 0.1) is 23.1 Å². The van der Waals surface area contributed by atoms with Gasteiger partial charge < -0.3 is 9.64 Å².